The number of aliphatic imine (C=N–C) groups is 1. The van der Waals surface area contributed by atoms with E-state index in [2.05, 4.69) is 17.1 Å². The Balaban J connectivity index is 2.18. The normalized spacial score (nSPS) is 31.1. The van der Waals surface area contributed by atoms with Crippen molar-refractivity contribution in [1.82, 2.24) is 0 Å². The molecule has 0 unspecified atom stereocenters. The number of fused-ring (bicyclic) bond motifs is 3. The summed E-state index contributed by atoms with van der Waals surface area (Å²) in [5.41, 5.74) is 2.85. The molecule has 3 rings (SSSR count). The van der Waals surface area contributed by atoms with Crippen molar-refractivity contribution >= 4 is 11.7 Å². The van der Waals surface area contributed by atoms with Gasteiger partial charge in [0.15, 0.2) is 5.60 Å². The zero-order valence-corrected chi connectivity index (χ0v) is 10.1. The van der Waals surface area contributed by atoms with Gasteiger partial charge >= 0.3 is 5.97 Å². The number of nitrogens with zero attached hydrogens (tertiary/aromatic N) is 1. The summed E-state index contributed by atoms with van der Waals surface area (Å²) < 4.78 is 5.58. The smallest absolute Gasteiger partial charge is 0.331 e. The summed E-state index contributed by atoms with van der Waals surface area (Å²) >= 11 is 0. The van der Waals surface area contributed by atoms with Crippen molar-refractivity contribution in [2.45, 2.75) is 38.3 Å². The van der Waals surface area contributed by atoms with Crippen LogP contribution in [-0.2, 0) is 16.0 Å². The lowest BCUT2D eigenvalue weighted by atomic mass is 9.79. The fourth-order valence-corrected chi connectivity index (χ4v) is 2.60. The lowest BCUT2D eigenvalue weighted by Gasteiger charge is -2.39. The van der Waals surface area contributed by atoms with Crippen molar-refractivity contribution < 1.29 is 9.53 Å². The maximum atomic E-state index is 11.6. The van der Waals surface area contributed by atoms with Gasteiger partial charge in [0.25, 0.3) is 0 Å². The highest BCUT2D eigenvalue weighted by atomic mass is 16.6. The van der Waals surface area contributed by atoms with Crippen LogP contribution in [0.15, 0.2) is 29.3 Å². The quantitative estimate of drug-likeness (QED) is 0.639. The highest BCUT2D eigenvalue weighted by molar-refractivity contribution is 6.11. The van der Waals surface area contributed by atoms with Crippen LogP contribution < -0.4 is 0 Å². The molecule has 0 spiro atoms. The van der Waals surface area contributed by atoms with E-state index in [-0.39, 0.29) is 12.0 Å². The Labute approximate surface area is 101 Å². The van der Waals surface area contributed by atoms with Crippen LogP contribution in [0, 0.1) is 0 Å². The maximum absolute atomic E-state index is 11.6. The topological polar surface area (TPSA) is 38.7 Å². The van der Waals surface area contributed by atoms with Crippen molar-refractivity contribution in [3.05, 3.63) is 35.4 Å². The molecule has 0 amide bonds. The molecule has 0 bridgehead atoms. The number of carbonyl (C=O) groups is 1. The average molecular weight is 229 g/mol. The van der Waals surface area contributed by atoms with Gasteiger partial charge in [-0.05, 0) is 32.3 Å². The average Bonchev–Trinajstić information content (AvgIpc) is 2.32. The largest absolute Gasteiger partial charge is 0.451 e. The predicted molar refractivity (Wildman–Crippen MR) is 65.3 cm³/mol. The van der Waals surface area contributed by atoms with Crippen LogP contribution in [0.5, 0.6) is 0 Å². The molecular formula is C14H15NO2. The van der Waals surface area contributed by atoms with E-state index in [1.54, 1.807) is 6.92 Å². The zero-order valence-electron chi connectivity index (χ0n) is 10.1. The molecule has 1 aliphatic carbocycles. The van der Waals surface area contributed by atoms with Gasteiger partial charge in [-0.1, -0.05) is 24.3 Å². The number of ether oxygens (including phenoxy) is 1. The molecule has 17 heavy (non-hydrogen) atoms. The fraction of sp³-hybridized carbons (Fsp3) is 0.429. The van der Waals surface area contributed by atoms with Gasteiger partial charge in [0.05, 0.1) is 5.71 Å². The summed E-state index contributed by atoms with van der Waals surface area (Å²) in [5.74, 6) is -0.212. The van der Waals surface area contributed by atoms with Gasteiger partial charge in [0.1, 0.15) is 6.04 Å². The summed E-state index contributed by atoms with van der Waals surface area (Å²) in [6.45, 7) is 3.75. The Morgan fingerprint density at radius 1 is 1.41 bits per heavy atom. The van der Waals surface area contributed by atoms with Crippen molar-refractivity contribution in [1.29, 1.82) is 0 Å². The monoisotopic (exact) mass is 229 g/mol. The third kappa shape index (κ3) is 1.49. The third-order valence-electron chi connectivity index (χ3n) is 3.63. The summed E-state index contributed by atoms with van der Waals surface area (Å²) in [6, 6.07) is 7.86. The summed E-state index contributed by atoms with van der Waals surface area (Å²) in [5, 5.41) is 0. The summed E-state index contributed by atoms with van der Waals surface area (Å²) in [6.07, 6.45) is 1.76. The number of esters is 1. The zero-order chi connectivity index (χ0) is 12.0. The van der Waals surface area contributed by atoms with Crippen molar-refractivity contribution in [3.63, 3.8) is 0 Å². The molecule has 2 atom stereocenters. The van der Waals surface area contributed by atoms with E-state index in [1.165, 1.54) is 5.56 Å². The number of rotatable bonds is 0. The Hall–Kier alpha value is -1.64. The molecule has 2 aliphatic rings. The minimum absolute atomic E-state index is 0.212. The van der Waals surface area contributed by atoms with Gasteiger partial charge in [-0.3, -0.25) is 4.99 Å². The number of benzene rings is 1. The molecule has 0 radical (unpaired) electrons. The SMILES string of the molecule is C[C@@H]1N=C2c3ccccc3CC[C@]2(C)OC1=O. The molecule has 0 fully saturated rings. The minimum Gasteiger partial charge on any atom is -0.451 e. The molecule has 88 valence electrons. The lowest BCUT2D eigenvalue weighted by Crippen LogP contribution is -2.50. The Morgan fingerprint density at radius 3 is 3.00 bits per heavy atom. The van der Waals surface area contributed by atoms with Crippen LogP contribution in [0.2, 0.25) is 0 Å². The number of aryl methyl sites for hydroxylation is 1. The van der Waals surface area contributed by atoms with Gasteiger partial charge in [-0.25, -0.2) is 4.79 Å². The predicted octanol–water partition coefficient (Wildman–Crippen LogP) is 2.13. The molecule has 1 heterocycles. The van der Waals surface area contributed by atoms with Crippen molar-refractivity contribution in [3.8, 4) is 0 Å². The highest BCUT2D eigenvalue weighted by Crippen LogP contribution is 2.35. The van der Waals surface area contributed by atoms with E-state index in [0.29, 0.717) is 0 Å². The lowest BCUT2D eigenvalue weighted by molar-refractivity contribution is -0.155. The first kappa shape index (κ1) is 10.5. The Kier molecular flexibility index (Phi) is 2.12. The van der Waals surface area contributed by atoms with Gasteiger partial charge in [0, 0.05) is 5.56 Å². The fourth-order valence-electron chi connectivity index (χ4n) is 2.60. The Morgan fingerprint density at radius 2 is 2.18 bits per heavy atom. The minimum atomic E-state index is -0.530. The van der Waals surface area contributed by atoms with E-state index in [0.717, 1.165) is 24.1 Å². The van der Waals surface area contributed by atoms with Gasteiger partial charge in [-0.2, -0.15) is 0 Å². The van der Waals surface area contributed by atoms with E-state index in [1.807, 2.05) is 19.1 Å². The molecular weight excluding hydrogens is 214 g/mol. The molecule has 1 aromatic carbocycles. The first-order valence-electron chi connectivity index (χ1n) is 5.99. The van der Waals surface area contributed by atoms with Crippen LogP contribution in [0.4, 0.5) is 0 Å². The van der Waals surface area contributed by atoms with Crippen molar-refractivity contribution in [2.24, 2.45) is 4.99 Å². The van der Waals surface area contributed by atoms with Gasteiger partial charge in [-0.15, -0.1) is 0 Å². The highest BCUT2D eigenvalue weighted by Gasteiger charge is 2.43. The number of carbonyl (C=O) groups excluding carboxylic acids is 1. The molecule has 3 heteroatoms. The number of hydrogen-bond acceptors (Lipinski definition) is 3. The molecule has 0 N–H and O–H groups in total. The van der Waals surface area contributed by atoms with Crippen LogP contribution in [0.1, 0.15) is 31.4 Å². The number of hydrogen-bond donors (Lipinski definition) is 0. The maximum Gasteiger partial charge on any atom is 0.331 e. The molecule has 1 aliphatic heterocycles. The first-order valence-corrected chi connectivity index (χ1v) is 5.99. The van der Waals surface area contributed by atoms with Gasteiger partial charge < -0.3 is 4.74 Å². The van der Waals surface area contributed by atoms with Crippen LogP contribution >= 0.6 is 0 Å². The molecule has 0 saturated carbocycles. The van der Waals surface area contributed by atoms with Crippen LogP contribution in [0.3, 0.4) is 0 Å². The van der Waals surface area contributed by atoms with E-state index >= 15 is 0 Å². The summed E-state index contributed by atoms with van der Waals surface area (Å²) in [4.78, 5) is 16.2. The first-order chi connectivity index (χ1) is 8.10. The van der Waals surface area contributed by atoms with E-state index in [9.17, 15) is 4.79 Å². The standard InChI is InChI=1S/C14H15NO2/c1-9-13(16)17-14(2)8-7-10-5-3-4-6-11(10)12(14)15-9/h3-6,9H,7-8H2,1-2H3/t9-,14-/m0/s1. The van der Waals surface area contributed by atoms with Crippen molar-refractivity contribution in [2.75, 3.05) is 0 Å². The molecule has 0 saturated heterocycles. The van der Waals surface area contributed by atoms with Crippen LogP contribution in [0.25, 0.3) is 0 Å². The Bertz CT molecular complexity index is 521. The second-order valence-corrected chi connectivity index (χ2v) is 4.96. The van der Waals surface area contributed by atoms with Gasteiger partial charge in [0.2, 0.25) is 0 Å². The molecule has 3 nitrogen and oxygen atoms in total. The molecule has 1 aromatic rings. The second-order valence-electron chi connectivity index (χ2n) is 4.96. The second kappa shape index (κ2) is 3.42. The molecule has 0 aromatic heterocycles. The van der Waals surface area contributed by atoms with E-state index < -0.39 is 5.60 Å². The van der Waals surface area contributed by atoms with E-state index in [4.69, 9.17) is 4.74 Å². The third-order valence-corrected chi connectivity index (χ3v) is 3.63. The summed E-state index contributed by atoms with van der Waals surface area (Å²) in [7, 11) is 0. The van der Waals surface area contributed by atoms with Crippen LogP contribution in [-0.4, -0.2) is 23.3 Å².